The van der Waals surface area contributed by atoms with Crippen LogP contribution in [0.4, 0.5) is 0 Å². The van der Waals surface area contributed by atoms with Gasteiger partial charge in [0.05, 0.1) is 0 Å². The first-order valence-electron chi connectivity index (χ1n) is 26.0. The summed E-state index contributed by atoms with van der Waals surface area (Å²) in [5, 5.41) is 0. The van der Waals surface area contributed by atoms with Gasteiger partial charge in [-0.05, 0) is 122 Å². The molecule has 0 aromatic carbocycles. The van der Waals surface area contributed by atoms with Crippen molar-refractivity contribution >= 4 is 17.9 Å². The Morgan fingerprint density at radius 2 is 0.615 bits per heavy atom. The Morgan fingerprint density at radius 3 is 1.00 bits per heavy atom. The highest BCUT2D eigenvalue weighted by atomic mass is 16.6. The Labute approximate surface area is 399 Å². The number of rotatable bonds is 45. The summed E-state index contributed by atoms with van der Waals surface area (Å²) in [7, 11) is 0. The maximum Gasteiger partial charge on any atom is 0.306 e. The lowest BCUT2D eigenvalue weighted by Crippen LogP contribution is -2.30. The molecule has 0 aromatic rings. The Hall–Kier alpha value is -4.19. The van der Waals surface area contributed by atoms with Crippen molar-refractivity contribution in [3.8, 4) is 0 Å². The van der Waals surface area contributed by atoms with Crippen molar-refractivity contribution < 1.29 is 28.6 Å². The molecule has 0 saturated carbocycles. The monoisotopic (exact) mass is 899 g/mol. The van der Waals surface area contributed by atoms with Crippen LogP contribution in [0.5, 0.6) is 0 Å². The molecule has 0 aliphatic rings. The normalized spacial score (nSPS) is 13.1. The predicted molar refractivity (Wildman–Crippen MR) is 279 cm³/mol. The SMILES string of the molecule is CCC=CCC=CCC=CCC=CCC=CCCCC(=O)OCC(COC(=O)CCCCCCCC=CCC=CCC=CCC)OC(=O)CCCCCCCC=CCC=CCCCCC. The van der Waals surface area contributed by atoms with E-state index in [9.17, 15) is 14.4 Å². The van der Waals surface area contributed by atoms with Crippen LogP contribution in [0, 0.1) is 0 Å². The molecule has 6 heteroatoms. The maximum atomic E-state index is 12.8. The van der Waals surface area contributed by atoms with E-state index < -0.39 is 6.10 Å². The molecule has 0 spiro atoms. The van der Waals surface area contributed by atoms with Gasteiger partial charge in [-0.2, -0.15) is 0 Å². The average molecular weight is 899 g/mol. The molecular formula is C59H94O6. The van der Waals surface area contributed by atoms with E-state index in [1.165, 1.54) is 25.7 Å². The maximum absolute atomic E-state index is 12.8. The van der Waals surface area contributed by atoms with Crippen LogP contribution >= 0.6 is 0 Å². The molecule has 1 atom stereocenters. The van der Waals surface area contributed by atoms with Crippen molar-refractivity contribution in [1.29, 1.82) is 0 Å². The van der Waals surface area contributed by atoms with Crippen molar-refractivity contribution in [3.63, 3.8) is 0 Å². The number of ether oxygens (including phenoxy) is 3. The summed E-state index contributed by atoms with van der Waals surface area (Å²) < 4.78 is 16.7. The van der Waals surface area contributed by atoms with Crippen LogP contribution in [-0.4, -0.2) is 37.2 Å². The first-order chi connectivity index (χ1) is 32.0. The summed E-state index contributed by atoms with van der Waals surface area (Å²) >= 11 is 0. The van der Waals surface area contributed by atoms with Gasteiger partial charge in [0.2, 0.25) is 0 Å². The average Bonchev–Trinajstić information content (AvgIpc) is 3.30. The molecule has 0 rings (SSSR count). The summed E-state index contributed by atoms with van der Waals surface area (Å²) in [5.74, 6) is -1.01. The van der Waals surface area contributed by atoms with Crippen molar-refractivity contribution in [2.45, 2.75) is 219 Å². The van der Waals surface area contributed by atoms with Crippen LogP contribution in [0.2, 0.25) is 0 Å². The lowest BCUT2D eigenvalue weighted by molar-refractivity contribution is -0.167. The van der Waals surface area contributed by atoms with Crippen LogP contribution in [0.1, 0.15) is 213 Å². The van der Waals surface area contributed by atoms with Gasteiger partial charge in [0.15, 0.2) is 6.10 Å². The van der Waals surface area contributed by atoms with Gasteiger partial charge in [-0.15, -0.1) is 0 Å². The molecule has 0 amide bonds. The molecule has 0 aromatic heterocycles. The minimum absolute atomic E-state index is 0.114. The van der Waals surface area contributed by atoms with E-state index in [-0.39, 0.29) is 37.5 Å². The van der Waals surface area contributed by atoms with Gasteiger partial charge in [-0.1, -0.05) is 194 Å². The zero-order chi connectivity index (χ0) is 47.2. The fourth-order valence-electron chi connectivity index (χ4n) is 6.58. The summed E-state index contributed by atoms with van der Waals surface area (Å²) in [6, 6.07) is 0. The Kier molecular flexibility index (Phi) is 49.1. The number of hydrogen-bond acceptors (Lipinski definition) is 6. The number of allylic oxidation sites excluding steroid dienone is 20. The van der Waals surface area contributed by atoms with Crippen molar-refractivity contribution in [1.82, 2.24) is 0 Å². The minimum Gasteiger partial charge on any atom is -0.462 e. The topological polar surface area (TPSA) is 78.9 Å². The van der Waals surface area contributed by atoms with E-state index in [4.69, 9.17) is 14.2 Å². The zero-order valence-corrected chi connectivity index (χ0v) is 41.7. The van der Waals surface area contributed by atoms with Gasteiger partial charge in [-0.25, -0.2) is 0 Å². The van der Waals surface area contributed by atoms with Gasteiger partial charge >= 0.3 is 17.9 Å². The van der Waals surface area contributed by atoms with E-state index in [1.807, 2.05) is 0 Å². The van der Waals surface area contributed by atoms with Gasteiger partial charge < -0.3 is 14.2 Å². The molecule has 1 unspecified atom stereocenters. The fraction of sp³-hybridized carbons (Fsp3) is 0.610. The number of hydrogen-bond donors (Lipinski definition) is 0. The van der Waals surface area contributed by atoms with E-state index >= 15 is 0 Å². The van der Waals surface area contributed by atoms with Crippen molar-refractivity contribution in [2.24, 2.45) is 0 Å². The van der Waals surface area contributed by atoms with Gasteiger partial charge in [-0.3, -0.25) is 14.4 Å². The van der Waals surface area contributed by atoms with Crippen LogP contribution in [0.15, 0.2) is 122 Å². The van der Waals surface area contributed by atoms with E-state index in [2.05, 4.69) is 142 Å². The summed E-state index contributed by atoms with van der Waals surface area (Å²) in [4.78, 5) is 38.0. The highest BCUT2D eigenvalue weighted by Crippen LogP contribution is 2.12. The second-order valence-electron chi connectivity index (χ2n) is 16.7. The van der Waals surface area contributed by atoms with Gasteiger partial charge in [0.25, 0.3) is 0 Å². The fourth-order valence-corrected chi connectivity index (χ4v) is 6.58. The van der Waals surface area contributed by atoms with Gasteiger partial charge in [0, 0.05) is 19.3 Å². The lowest BCUT2D eigenvalue weighted by Gasteiger charge is -2.18. The molecule has 65 heavy (non-hydrogen) atoms. The molecule has 366 valence electrons. The van der Waals surface area contributed by atoms with Crippen LogP contribution in [0.3, 0.4) is 0 Å². The third kappa shape index (κ3) is 50.7. The molecule has 0 fully saturated rings. The third-order valence-corrected chi connectivity index (χ3v) is 10.4. The summed E-state index contributed by atoms with van der Waals surface area (Å²) in [5.41, 5.74) is 0. The number of esters is 3. The molecule has 6 nitrogen and oxygen atoms in total. The molecule has 0 radical (unpaired) electrons. The van der Waals surface area contributed by atoms with E-state index in [0.717, 1.165) is 141 Å². The lowest BCUT2D eigenvalue weighted by atomic mass is 10.1. The quantitative estimate of drug-likeness (QED) is 0.0262. The molecule has 0 aliphatic carbocycles. The molecule has 0 N–H and O–H groups in total. The van der Waals surface area contributed by atoms with Crippen molar-refractivity contribution in [3.05, 3.63) is 122 Å². The van der Waals surface area contributed by atoms with Crippen LogP contribution in [-0.2, 0) is 28.6 Å². The zero-order valence-electron chi connectivity index (χ0n) is 41.7. The Bertz CT molecular complexity index is 1400. The van der Waals surface area contributed by atoms with Crippen LogP contribution in [0.25, 0.3) is 0 Å². The largest absolute Gasteiger partial charge is 0.462 e. The third-order valence-electron chi connectivity index (χ3n) is 10.4. The highest BCUT2D eigenvalue weighted by Gasteiger charge is 2.19. The van der Waals surface area contributed by atoms with Crippen molar-refractivity contribution in [2.75, 3.05) is 13.2 Å². The van der Waals surface area contributed by atoms with Crippen LogP contribution < -0.4 is 0 Å². The second kappa shape index (κ2) is 52.4. The predicted octanol–water partition coefficient (Wildman–Crippen LogP) is 17.3. The number of carbonyl (C=O) groups is 3. The first-order valence-corrected chi connectivity index (χ1v) is 26.0. The van der Waals surface area contributed by atoms with E-state index in [0.29, 0.717) is 19.3 Å². The molecular weight excluding hydrogens is 805 g/mol. The first kappa shape index (κ1) is 60.8. The standard InChI is InChI=1S/C59H94O6/c1-4-7-10-13-16-19-22-25-28-29-32-34-37-40-43-46-49-52-58(61)64-55-56(65-59(62)53-50-47-44-41-38-35-31-27-24-21-18-15-12-9-6-3)54-63-57(60)51-48-45-42-39-36-33-30-26-23-20-17-14-11-8-5-2/h7-8,10-11,16-21,25-28,30-32,34,40,43,56H,4-6,9,12-15,22-24,29,33,35-39,41-42,44-55H2,1-3H3. The minimum atomic E-state index is -0.819. The smallest absolute Gasteiger partial charge is 0.306 e. The van der Waals surface area contributed by atoms with Gasteiger partial charge in [0.1, 0.15) is 13.2 Å². The number of unbranched alkanes of at least 4 members (excludes halogenated alkanes) is 14. The summed E-state index contributed by atoms with van der Waals surface area (Å²) in [6.45, 7) is 6.29. The molecule has 0 bridgehead atoms. The second-order valence-corrected chi connectivity index (χ2v) is 16.7. The Morgan fingerprint density at radius 1 is 0.323 bits per heavy atom. The number of carbonyl (C=O) groups excluding carboxylic acids is 3. The highest BCUT2D eigenvalue weighted by molar-refractivity contribution is 5.71. The molecule has 0 saturated heterocycles. The van der Waals surface area contributed by atoms with E-state index in [1.54, 1.807) is 0 Å². The molecule has 0 heterocycles. The molecule has 0 aliphatic heterocycles. The summed E-state index contributed by atoms with van der Waals surface area (Å²) in [6.07, 6.45) is 71.8. The Balaban J connectivity index is 4.55.